The van der Waals surface area contributed by atoms with Gasteiger partial charge in [-0.25, -0.2) is 4.79 Å². The summed E-state index contributed by atoms with van der Waals surface area (Å²) in [6, 6.07) is 6.87. The van der Waals surface area contributed by atoms with Crippen molar-refractivity contribution in [3.63, 3.8) is 0 Å². The summed E-state index contributed by atoms with van der Waals surface area (Å²) >= 11 is 0. The molecule has 4 nitrogen and oxygen atoms in total. The fourth-order valence-corrected chi connectivity index (χ4v) is 1.31. The number of methoxy groups -OCH3 is 1. The average molecular weight is 224 g/mol. The number of aliphatic carboxylic acids is 1. The second kappa shape index (κ2) is 6.00. The van der Waals surface area contributed by atoms with Gasteiger partial charge in [-0.3, -0.25) is 0 Å². The molecule has 0 amide bonds. The van der Waals surface area contributed by atoms with Gasteiger partial charge in [0.2, 0.25) is 0 Å². The van der Waals surface area contributed by atoms with E-state index in [1.54, 1.807) is 31.4 Å². The molecule has 0 unspecified atom stereocenters. The summed E-state index contributed by atoms with van der Waals surface area (Å²) in [6.45, 7) is 1.92. The van der Waals surface area contributed by atoms with Crippen LogP contribution >= 0.6 is 0 Å². The van der Waals surface area contributed by atoms with Gasteiger partial charge in [0.15, 0.2) is 6.10 Å². The molecular formula is C12H16O4. The van der Waals surface area contributed by atoms with Crippen LogP contribution in [0.2, 0.25) is 0 Å². The van der Waals surface area contributed by atoms with Gasteiger partial charge in [0.25, 0.3) is 0 Å². The van der Waals surface area contributed by atoms with Crippen molar-refractivity contribution in [3.05, 3.63) is 24.3 Å². The Morgan fingerprint density at radius 1 is 1.31 bits per heavy atom. The maximum absolute atomic E-state index is 10.9. The Bertz CT molecular complexity index is 331. The highest BCUT2D eigenvalue weighted by Crippen LogP contribution is 2.19. The number of carboxylic acid groups (broad SMARTS) is 1. The monoisotopic (exact) mass is 224 g/mol. The van der Waals surface area contributed by atoms with Crippen molar-refractivity contribution in [2.75, 3.05) is 7.11 Å². The molecule has 0 saturated carbocycles. The normalized spacial score (nSPS) is 11.9. The molecule has 0 radical (unpaired) electrons. The Balaban J connectivity index is 2.65. The second-order valence-corrected chi connectivity index (χ2v) is 3.41. The van der Waals surface area contributed by atoms with Gasteiger partial charge in [-0.05, 0) is 30.7 Å². The van der Waals surface area contributed by atoms with Crippen LogP contribution < -0.4 is 9.47 Å². The molecule has 0 fully saturated rings. The molecule has 88 valence electrons. The van der Waals surface area contributed by atoms with Gasteiger partial charge in [0.05, 0.1) is 7.11 Å². The third-order valence-electron chi connectivity index (χ3n) is 2.16. The van der Waals surface area contributed by atoms with Crippen LogP contribution in [0.25, 0.3) is 0 Å². The van der Waals surface area contributed by atoms with E-state index in [0.29, 0.717) is 12.2 Å². The Morgan fingerprint density at radius 2 is 1.88 bits per heavy atom. The molecule has 0 aliphatic heterocycles. The fourth-order valence-electron chi connectivity index (χ4n) is 1.31. The number of benzene rings is 1. The van der Waals surface area contributed by atoms with Gasteiger partial charge in [-0.2, -0.15) is 0 Å². The fraction of sp³-hybridized carbons (Fsp3) is 0.417. The van der Waals surface area contributed by atoms with E-state index in [-0.39, 0.29) is 0 Å². The van der Waals surface area contributed by atoms with E-state index in [9.17, 15) is 4.79 Å². The smallest absolute Gasteiger partial charge is 0.344 e. The molecule has 4 heteroatoms. The largest absolute Gasteiger partial charge is 0.497 e. The van der Waals surface area contributed by atoms with Gasteiger partial charge >= 0.3 is 5.97 Å². The summed E-state index contributed by atoms with van der Waals surface area (Å²) in [5.41, 5.74) is 0. The van der Waals surface area contributed by atoms with Crippen molar-refractivity contribution >= 4 is 5.97 Å². The van der Waals surface area contributed by atoms with E-state index in [0.717, 1.165) is 12.2 Å². The molecule has 0 bridgehead atoms. The van der Waals surface area contributed by atoms with Crippen LogP contribution in [0, 0.1) is 0 Å². The summed E-state index contributed by atoms with van der Waals surface area (Å²) in [7, 11) is 1.58. The zero-order valence-corrected chi connectivity index (χ0v) is 9.47. The molecule has 16 heavy (non-hydrogen) atoms. The van der Waals surface area contributed by atoms with E-state index in [2.05, 4.69) is 0 Å². The Labute approximate surface area is 94.8 Å². The zero-order chi connectivity index (χ0) is 12.0. The van der Waals surface area contributed by atoms with Crippen LogP contribution in [-0.4, -0.2) is 24.3 Å². The molecule has 0 heterocycles. The standard InChI is InChI=1S/C12H16O4/c1-3-4-11(12(13)14)16-10-7-5-9(15-2)6-8-10/h5-8,11H,3-4H2,1-2H3,(H,13,14)/t11-/m1/s1. The van der Waals surface area contributed by atoms with Crippen LogP contribution in [0.15, 0.2) is 24.3 Å². The SMILES string of the molecule is CCC[C@@H](Oc1ccc(OC)cc1)C(=O)O. The minimum atomic E-state index is -0.933. The maximum Gasteiger partial charge on any atom is 0.344 e. The quantitative estimate of drug-likeness (QED) is 0.805. The highest BCUT2D eigenvalue weighted by atomic mass is 16.5. The molecule has 0 aromatic heterocycles. The minimum Gasteiger partial charge on any atom is -0.497 e. The lowest BCUT2D eigenvalue weighted by Gasteiger charge is -2.14. The molecule has 0 saturated heterocycles. The van der Waals surface area contributed by atoms with Crippen LogP contribution in [-0.2, 0) is 4.79 Å². The van der Waals surface area contributed by atoms with E-state index >= 15 is 0 Å². The predicted octanol–water partition coefficient (Wildman–Crippen LogP) is 2.33. The number of ether oxygens (including phenoxy) is 2. The zero-order valence-electron chi connectivity index (χ0n) is 9.47. The first-order chi connectivity index (χ1) is 7.67. The highest BCUT2D eigenvalue weighted by molar-refractivity contribution is 5.72. The predicted molar refractivity (Wildman–Crippen MR) is 60.0 cm³/mol. The van der Waals surface area contributed by atoms with Gasteiger partial charge in [-0.1, -0.05) is 13.3 Å². The molecule has 0 spiro atoms. The topological polar surface area (TPSA) is 55.8 Å². The molecule has 1 N–H and O–H groups in total. The van der Waals surface area contributed by atoms with Crippen molar-refractivity contribution in [2.45, 2.75) is 25.9 Å². The van der Waals surface area contributed by atoms with Crippen molar-refractivity contribution in [1.82, 2.24) is 0 Å². The van der Waals surface area contributed by atoms with E-state index < -0.39 is 12.1 Å². The van der Waals surface area contributed by atoms with E-state index in [4.69, 9.17) is 14.6 Å². The van der Waals surface area contributed by atoms with E-state index in [1.165, 1.54) is 0 Å². The summed E-state index contributed by atoms with van der Waals surface area (Å²) in [4.78, 5) is 10.9. The summed E-state index contributed by atoms with van der Waals surface area (Å²) in [5, 5.41) is 8.92. The first-order valence-electron chi connectivity index (χ1n) is 5.21. The summed E-state index contributed by atoms with van der Waals surface area (Å²) in [6.07, 6.45) is 0.493. The molecule has 0 aliphatic rings. The summed E-state index contributed by atoms with van der Waals surface area (Å²) in [5.74, 6) is 0.328. The first kappa shape index (κ1) is 12.4. The number of carboxylic acids is 1. The Kier molecular flexibility index (Phi) is 4.64. The molecular weight excluding hydrogens is 208 g/mol. The number of hydrogen-bond donors (Lipinski definition) is 1. The van der Waals surface area contributed by atoms with Gasteiger partial charge in [-0.15, -0.1) is 0 Å². The molecule has 1 aromatic rings. The molecule has 1 aromatic carbocycles. The number of rotatable bonds is 6. The lowest BCUT2D eigenvalue weighted by atomic mass is 10.2. The van der Waals surface area contributed by atoms with Gasteiger partial charge in [0, 0.05) is 0 Å². The molecule has 1 atom stereocenters. The summed E-state index contributed by atoms with van der Waals surface area (Å²) < 4.78 is 10.4. The number of carbonyl (C=O) groups is 1. The Hall–Kier alpha value is -1.71. The average Bonchev–Trinajstić information content (AvgIpc) is 2.29. The van der Waals surface area contributed by atoms with Crippen molar-refractivity contribution in [3.8, 4) is 11.5 Å². The van der Waals surface area contributed by atoms with Crippen LogP contribution in [0.3, 0.4) is 0 Å². The van der Waals surface area contributed by atoms with Crippen molar-refractivity contribution in [2.24, 2.45) is 0 Å². The first-order valence-corrected chi connectivity index (χ1v) is 5.21. The number of hydrogen-bond acceptors (Lipinski definition) is 3. The van der Waals surface area contributed by atoms with Crippen molar-refractivity contribution < 1.29 is 19.4 Å². The lowest BCUT2D eigenvalue weighted by molar-refractivity contribution is -0.145. The van der Waals surface area contributed by atoms with Crippen LogP contribution in [0.4, 0.5) is 0 Å². The minimum absolute atomic E-state index is 0.501. The van der Waals surface area contributed by atoms with E-state index in [1.807, 2.05) is 6.92 Å². The molecule has 0 aliphatic carbocycles. The Morgan fingerprint density at radius 3 is 2.31 bits per heavy atom. The van der Waals surface area contributed by atoms with Crippen molar-refractivity contribution in [1.29, 1.82) is 0 Å². The van der Waals surface area contributed by atoms with Crippen LogP contribution in [0.5, 0.6) is 11.5 Å². The highest BCUT2D eigenvalue weighted by Gasteiger charge is 2.17. The second-order valence-electron chi connectivity index (χ2n) is 3.41. The van der Waals surface area contributed by atoms with Crippen LogP contribution in [0.1, 0.15) is 19.8 Å². The lowest BCUT2D eigenvalue weighted by Crippen LogP contribution is -2.26. The van der Waals surface area contributed by atoms with Gasteiger partial charge < -0.3 is 14.6 Å². The van der Waals surface area contributed by atoms with Gasteiger partial charge in [0.1, 0.15) is 11.5 Å². The third kappa shape index (κ3) is 3.46. The third-order valence-corrected chi connectivity index (χ3v) is 2.16. The maximum atomic E-state index is 10.9. The molecule has 1 rings (SSSR count).